The zero-order valence-corrected chi connectivity index (χ0v) is 19.2. The number of nitrogens with zero attached hydrogens (tertiary/aromatic N) is 4. The van der Waals surface area contributed by atoms with Crippen LogP contribution in [0.1, 0.15) is 29.6 Å². The van der Waals surface area contributed by atoms with Crippen LogP contribution in [-0.2, 0) is 32.2 Å². The first-order valence-electron chi connectivity index (χ1n) is 9.53. The molecule has 0 spiro atoms. The van der Waals surface area contributed by atoms with Gasteiger partial charge in [0.15, 0.2) is 5.96 Å². The molecule has 0 aliphatic heterocycles. The fourth-order valence-electron chi connectivity index (χ4n) is 2.81. The summed E-state index contributed by atoms with van der Waals surface area (Å²) in [5.74, 6) is 2.06. The first-order valence-corrected chi connectivity index (χ1v) is 9.53. The van der Waals surface area contributed by atoms with Gasteiger partial charge in [-0.05, 0) is 29.8 Å². The van der Waals surface area contributed by atoms with Crippen molar-refractivity contribution in [2.75, 3.05) is 6.54 Å². The average molecular weight is 548 g/mol. The molecule has 2 N–H and O–H groups in total. The van der Waals surface area contributed by atoms with Crippen LogP contribution in [0.3, 0.4) is 0 Å². The maximum Gasteiger partial charge on any atom is 0.416 e. The van der Waals surface area contributed by atoms with Crippen LogP contribution in [0.5, 0.6) is 0 Å². The molecule has 0 atom stereocenters. The molecular formula is C20H24F3IN6O. The van der Waals surface area contributed by atoms with E-state index in [4.69, 9.17) is 4.42 Å². The van der Waals surface area contributed by atoms with E-state index in [0.29, 0.717) is 31.2 Å². The molecule has 0 radical (unpaired) electrons. The third kappa shape index (κ3) is 7.56. The molecule has 0 fully saturated rings. The van der Waals surface area contributed by atoms with Crippen molar-refractivity contribution in [1.29, 1.82) is 0 Å². The second kappa shape index (κ2) is 11.7. The Kier molecular flexibility index (Phi) is 9.34. The number of nitrogens with one attached hydrogen (secondary N) is 2. The van der Waals surface area contributed by atoms with E-state index in [1.165, 1.54) is 6.07 Å². The van der Waals surface area contributed by atoms with Gasteiger partial charge in [-0.2, -0.15) is 13.2 Å². The van der Waals surface area contributed by atoms with Crippen LogP contribution in [-0.4, -0.2) is 27.3 Å². The van der Waals surface area contributed by atoms with E-state index in [0.717, 1.165) is 30.1 Å². The maximum atomic E-state index is 12.9. The zero-order valence-electron chi connectivity index (χ0n) is 16.9. The average Bonchev–Trinajstić information content (AvgIpc) is 3.41. The van der Waals surface area contributed by atoms with E-state index in [-0.39, 0.29) is 30.5 Å². The highest BCUT2D eigenvalue weighted by atomic mass is 127. The van der Waals surface area contributed by atoms with Gasteiger partial charge in [0.2, 0.25) is 0 Å². The molecule has 7 nitrogen and oxygen atoms in total. The number of hydrogen-bond acceptors (Lipinski definition) is 4. The summed E-state index contributed by atoms with van der Waals surface area (Å²) in [5.41, 5.74) is -0.219. The van der Waals surface area contributed by atoms with Crippen molar-refractivity contribution in [1.82, 2.24) is 25.4 Å². The van der Waals surface area contributed by atoms with Gasteiger partial charge in [-0.3, -0.25) is 0 Å². The molecule has 31 heavy (non-hydrogen) atoms. The molecule has 1 aromatic carbocycles. The van der Waals surface area contributed by atoms with Crippen LogP contribution in [0, 0.1) is 0 Å². The van der Waals surface area contributed by atoms with Crippen LogP contribution in [0.25, 0.3) is 0 Å². The van der Waals surface area contributed by atoms with Gasteiger partial charge in [-0.1, -0.05) is 19.1 Å². The predicted octanol–water partition coefficient (Wildman–Crippen LogP) is 4.01. The summed E-state index contributed by atoms with van der Waals surface area (Å²) in [7, 11) is 0. The van der Waals surface area contributed by atoms with Gasteiger partial charge in [-0.15, -0.1) is 34.2 Å². The first-order chi connectivity index (χ1) is 14.5. The minimum absolute atomic E-state index is 0. The second-order valence-corrected chi connectivity index (χ2v) is 6.52. The Labute approximate surface area is 195 Å². The van der Waals surface area contributed by atoms with E-state index in [2.05, 4.69) is 25.8 Å². The Morgan fingerprint density at radius 2 is 2.03 bits per heavy atom. The third-order valence-corrected chi connectivity index (χ3v) is 4.34. The van der Waals surface area contributed by atoms with Crippen LogP contribution >= 0.6 is 24.0 Å². The molecule has 2 aromatic heterocycles. The van der Waals surface area contributed by atoms with Crippen LogP contribution in [0.2, 0.25) is 0 Å². The molecule has 0 saturated heterocycles. The molecule has 3 aromatic rings. The highest BCUT2D eigenvalue weighted by Crippen LogP contribution is 2.29. The maximum absolute atomic E-state index is 12.9. The van der Waals surface area contributed by atoms with Crippen LogP contribution < -0.4 is 10.6 Å². The second-order valence-electron chi connectivity index (χ2n) is 6.52. The fourth-order valence-corrected chi connectivity index (χ4v) is 2.81. The van der Waals surface area contributed by atoms with E-state index in [1.807, 2.05) is 17.6 Å². The number of aromatic nitrogens is 3. The molecule has 0 aliphatic carbocycles. The molecule has 3 rings (SSSR count). The van der Waals surface area contributed by atoms with Crippen molar-refractivity contribution in [3.8, 4) is 0 Å². The van der Waals surface area contributed by atoms with Gasteiger partial charge >= 0.3 is 6.18 Å². The number of halogens is 4. The summed E-state index contributed by atoms with van der Waals surface area (Å²) in [5, 5.41) is 14.3. The van der Waals surface area contributed by atoms with Gasteiger partial charge in [-0.25, -0.2) is 4.99 Å². The number of guanidine groups is 1. The number of rotatable bonds is 8. The van der Waals surface area contributed by atoms with Crippen molar-refractivity contribution in [2.24, 2.45) is 4.99 Å². The number of benzene rings is 1. The molecule has 168 valence electrons. The van der Waals surface area contributed by atoms with Crippen molar-refractivity contribution in [2.45, 2.75) is 39.2 Å². The topological polar surface area (TPSA) is 80.3 Å². The number of aryl methyl sites for hydroxylation is 1. The molecule has 2 heterocycles. The molecule has 11 heteroatoms. The number of alkyl halides is 3. The normalized spacial score (nSPS) is 11.8. The number of aliphatic imine (C=N–C) groups is 1. The first kappa shape index (κ1) is 24.7. The molecular weight excluding hydrogens is 524 g/mol. The zero-order chi connectivity index (χ0) is 21.4. The minimum Gasteiger partial charge on any atom is -0.467 e. The van der Waals surface area contributed by atoms with Gasteiger partial charge in [0.1, 0.15) is 17.9 Å². The van der Waals surface area contributed by atoms with Gasteiger partial charge in [0, 0.05) is 19.5 Å². The van der Waals surface area contributed by atoms with Crippen molar-refractivity contribution in [3.63, 3.8) is 0 Å². The number of furan rings is 1. The van der Waals surface area contributed by atoms with Gasteiger partial charge < -0.3 is 19.6 Å². The van der Waals surface area contributed by atoms with Crippen molar-refractivity contribution < 1.29 is 17.6 Å². The number of hydrogen-bond donors (Lipinski definition) is 2. The largest absolute Gasteiger partial charge is 0.467 e. The van der Waals surface area contributed by atoms with E-state index in [9.17, 15) is 13.2 Å². The molecule has 0 unspecified atom stereocenters. The molecule has 0 amide bonds. The van der Waals surface area contributed by atoms with Gasteiger partial charge in [0.05, 0.1) is 24.9 Å². The summed E-state index contributed by atoms with van der Waals surface area (Å²) >= 11 is 0. The molecule has 0 aliphatic rings. The minimum atomic E-state index is -4.38. The summed E-state index contributed by atoms with van der Waals surface area (Å²) in [6.45, 7) is 3.66. The lowest BCUT2D eigenvalue weighted by molar-refractivity contribution is -0.137. The smallest absolute Gasteiger partial charge is 0.416 e. The highest BCUT2D eigenvalue weighted by molar-refractivity contribution is 14.0. The van der Waals surface area contributed by atoms with Crippen molar-refractivity contribution >= 4 is 29.9 Å². The van der Waals surface area contributed by atoms with E-state index >= 15 is 0 Å². The SMILES string of the molecule is CCc1nncn1CCNC(=NCc1cccc(C(F)(F)F)c1)NCc1ccco1.I. The van der Waals surface area contributed by atoms with Crippen LogP contribution in [0.4, 0.5) is 13.2 Å². The highest BCUT2D eigenvalue weighted by Gasteiger charge is 2.30. The van der Waals surface area contributed by atoms with E-state index < -0.39 is 11.7 Å². The lowest BCUT2D eigenvalue weighted by Gasteiger charge is -2.13. The fraction of sp³-hybridized carbons (Fsp3) is 0.350. The third-order valence-electron chi connectivity index (χ3n) is 4.34. The Morgan fingerprint density at radius 1 is 1.19 bits per heavy atom. The summed E-state index contributed by atoms with van der Waals surface area (Å²) in [6, 6.07) is 8.76. The Hall–Kier alpha value is -2.57. The quantitative estimate of drug-likeness (QED) is 0.253. The van der Waals surface area contributed by atoms with Gasteiger partial charge in [0.25, 0.3) is 0 Å². The summed E-state index contributed by atoms with van der Waals surface area (Å²) in [6.07, 6.45) is -0.375. The monoisotopic (exact) mass is 548 g/mol. The standard InChI is InChI=1S/C20H23F3N6O.HI/c1-2-18-28-27-14-29(18)9-8-24-19(26-13-17-7-4-10-30-17)25-12-15-5-3-6-16(11-15)20(21,22)23;/h3-7,10-11,14H,2,8-9,12-13H2,1H3,(H2,24,25,26);1H. The summed E-state index contributed by atoms with van der Waals surface area (Å²) in [4.78, 5) is 4.42. The molecule has 0 bridgehead atoms. The predicted molar refractivity (Wildman–Crippen MR) is 121 cm³/mol. The van der Waals surface area contributed by atoms with E-state index in [1.54, 1.807) is 24.7 Å². The van der Waals surface area contributed by atoms with Crippen LogP contribution in [0.15, 0.2) is 58.4 Å². The van der Waals surface area contributed by atoms with Crippen molar-refractivity contribution in [3.05, 3.63) is 71.7 Å². The molecule has 0 saturated carbocycles. The Bertz CT molecular complexity index is 956. The Balaban J connectivity index is 0.00000341. The Morgan fingerprint density at radius 3 is 2.74 bits per heavy atom. The lowest BCUT2D eigenvalue weighted by atomic mass is 10.1. The summed E-state index contributed by atoms with van der Waals surface area (Å²) < 4.78 is 46.0. The lowest BCUT2D eigenvalue weighted by Crippen LogP contribution is -2.38.